The molecule has 1 aliphatic carbocycles. The summed E-state index contributed by atoms with van der Waals surface area (Å²) < 4.78 is 0. The number of carbonyl (C=O) groups excluding carboxylic acids is 3. The van der Waals surface area contributed by atoms with Gasteiger partial charge >= 0.3 is 0 Å². The molecular formula is C21H26N4O3. The van der Waals surface area contributed by atoms with E-state index in [4.69, 9.17) is 0 Å². The van der Waals surface area contributed by atoms with E-state index >= 15 is 0 Å². The molecule has 4 aliphatic rings. The van der Waals surface area contributed by atoms with E-state index in [1.54, 1.807) is 4.90 Å². The fourth-order valence-corrected chi connectivity index (χ4v) is 5.31. The first-order valence-electron chi connectivity index (χ1n) is 10.3. The molecule has 0 aromatic heterocycles. The van der Waals surface area contributed by atoms with Crippen LogP contribution in [0.15, 0.2) is 18.2 Å². The highest BCUT2D eigenvalue weighted by atomic mass is 16.2. The van der Waals surface area contributed by atoms with Gasteiger partial charge < -0.3 is 10.2 Å². The smallest absolute Gasteiger partial charge is 0.255 e. The van der Waals surface area contributed by atoms with E-state index in [-0.39, 0.29) is 24.1 Å². The van der Waals surface area contributed by atoms with Crippen molar-refractivity contribution < 1.29 is 14.4 Å². The molecule has 0 radical (unpaired) electrons. The van der Waals surface area contributed by atoms with Gasteiger partial charge in [-0.05, 0) is 36.5 Å². The SMILES string of the molecule is O=C1CCC(N2Cc3ccc(CN4CCN[C@H]5CCC[C@H]54)cc3C2=O)C(=O)N1. The molecular weight excluding hydrogens is 356 g/mol. The Hall–Kier alpha value is -2.25. The number of nitrogens with zero attached hydrogens (tertiary/aromatic N) is 2. The molecule has 3 fully saturated rings. The summed E-state index contributed by atoms with van der Waals surface area (Å²) in [6, 6.07) is 6.81. The molecule has 1 saturated carbocycles. The van der Waals surface area contributed by atoms with Crippen molar-refractivity contribution in [1.82, 2.24) is 20.4 Å². The minimum Gasteiger partial charge on any atom is -0.322 e. The minimum absolute atomic E-state index is 0.0922. The first-order valence-corrected chi connectivity index (χ1v) is 10.3. The molecule has 1 aromatic carbocycles. The third-order valence-electron chi connectivity index (χ3n) is 6.73. The van der Waals surface area contributed by atoms with Crippen molar-refractivity contribution in [3.63, 3.8) is 0 Å². The van der Waals surface area contributed by atoms with Crippen molar-refractivity contribution in [3.05, 3.63) is 34.9 Å². The lowest BCUT2D eigenvalue weighted by molar-refractivity contribution is -0.136. The van der Waals surface area contributed by atoms with Crippen molar-refractivity contribution in [2.45, 2.75) is 63.3 Å². The molecule has 3 atom stereocenters. The summed E-state index contributed by atoms with van der Waals surface area (Å²) in [4.78, 5) is 40.7. The fraction of sp³-hybridized carbons (Fsp3) is 0.571. The number of hydrogen-bond donors (Lipinski definition) is 2. The quantitative estimate of drug-likeness (QED) is 0.755. The average molecular weight is 382 g/mol. The molecule has 3 amide bonds. The summed E-state index contributed by atoms with van der Waals surface area (Å²) in [5.41, 5.74) is 2.84. The molecule has 3 aliphatic heterocycles. The Bertz CT molecular complexity index is 839. The molecule has 3 heterocycles. The predicted octanol–water partition coefficient (Wildman–Crippen LogP) is 0.774. The highest BCUT2D eigenvalue weighted by Crippen LogP contribution is 2.31. The number of piperazine rings is 1. The highest BCUT2D eigenvalue weighted by Gasteiger charge is 2.39. The Kier molecular flexibility index (Phi) is 4.44. The van der Waals surface area contributed by atoms with E-state index in [9.17, 15) is 14.4 Å². The van der Waals surface area contributed by atoms with Crippen LogP contribution < -0.4 is 10.6 Å². The van der Waals surface area contributed by atoms with Gasteiger partial charge in [-0.2, -0.15) is 0 Å². The molecule has 5 rings (SSSR count). The maximum atomic E-state index is 13.0. The number of rotatable bonds is 3. The third-order valence-corrected chi connectivity index (χ3v) is 6.73. The lowest BCUT2D eigenvalue weighted by Crippen LogP contribution is -2.54. The molecule has 7 heteroatoms. The van der Waals surface area contributed by atoms with E-state index in [2.05, 4.69) is 21.6 Å². The topological polar surface area (TPSA) is 81.8 Å². The number of imide groups is 1. The van der Waals surface area contributed by atoms with Gasteiger partial charge in [0.2, 0.25) is 11.8 Å². The maximum absolute atomic E-state index is 13.0. The zero-order valence-electron chi connectivity index (χ0n) is 15.9. The van der Waals surface area contributed by atoms with E-state index in [0.717, 1.165) is 30.8 Å². The fourth-order valence-electron chi connectivity index (χ4n) is 5.31. The molecule has 148 valence electrons. The molecule has 0 spiro atoms. The molecule has 7 nitrogen and oxygen atoms in total. The monoisotopic (exact) mass is 382 g/mol. The van der Waals surface area contributed by atoms with Gasteiger partial charge in [0.15, 0.2) is 0 Å². The van der Waals surface area contributed by atoms with Gasteiger partial charge in [0.1, 0.15) is 6.04 Å². The van der Waals surface area contributed by atoms with Crippen molar-refractivity contribution >= 4 is 17.7 Å². The van der Waals surface area contributed by atoms with E-state index < -0.39 is 6.04 Å². The van der Waals surface area contributed by atoms with Gasteiger partial charge in [-0.25, -0.2) is 0 Å². The van der Waals surface area contributed by atoms with Crippen molar-refractivity contribution in [3.8, 4) is 0 Å². The van der Waals surface area contributed by atoms with Gasteiger partial charge in [0.25, 0.3) is 5.91 Å². The van der Waals surface area contributed by atoms with Crippen molar-refractivity contribution in [1.29, 1.82) is 0 Å². The number of fused-ring (bicyclic) bond motifs is 2. The first-order chi connectivity index (χ1) is 13.6. The lowest BCUT2D eigenvalue weighted by Gasteiger charge is -2.38. The van der Waals surface area contributed by atoms with Crippen LogP contribution in [-0.2, 0) is 22.7 Å². The van der Waals surface area contributed by atoms with Crippen LogP contribution >= 0.6 is 0 Å². The molecule has 28 heavy (non-hydrogen) atoms. The molecule has 1 unspecified atom stereocenters. The molecule has 2 N–H and O–H groups in total. The second-order valence-electron chi connectivity index (χ2n) is 8.42. The van der Waals surface area contributed by atoms with E-state index in [1.807, 2.05) is 12.1 Å². The maximum Gasteiger partial charge on any atom is 0.255 e. The number of hydrogen-bond acceptors (Lipinski definition) is 5. The Labute approximate surface area is 164 Å². The first kappa shape index (κ1) is 17.8. The zero-order chi connectivity index (χ0) is 19.3. The van der Waals surface area contributed by atoms with Gasteiger partial charge in [-0.1, -0.05) is 18.6 Å². The van der Waals surface area contributed by atoms with E-state index in [0.29, 0.717) is 30.6 Å². The van der Waals surface area contributed by atoms with Crippen LogP contribution in [0.1, 0.15) is 53.6 Å². The van der Waals surface area contributed by atoms with Crippen LogP contribution in [0.25, 0.3) is 0 Å². The van der Waals surface area contributed by atoms with Crippen molar-refractivity contribution in [2.75, 3.05) is 13.1 Å². The molecule has 1 aromatic rings. The number of benzene rings is 1. The Balaban J connectivity index is 1.32. The minimum atomic E-state index is -0.548. The van der Waals surface area contributed by atoms with Gasteiger partial charge in [-0.3, -0.25) is 24.6 Å². The second-order valence-corrected chi connectivity index (χ2v) is 8.42. The Morgan fingerprint density at radius 1 is 1.11 bits per heavy atom. The zero-order valence-corrected chi connectivity index (χ0v) is 15.9. The Morgan fingerprint density at radius 2 is 2.00 bits per heavy atom. The Morgan fingerprint density at radius 3 is 2.86 bits per heavy atom. The largest absolute Gasteiger partial charge is 0.322 e. The summed E-state index contributed by atoms with van der Waals surface area (Å²) in [5.74, 6) is -0.704. The standard InChI is InChI=1S/C21H26N4O3/c26-19-7-6-18(20(27)23-19)25-12-14-5-4-13(10-15(14)21(25)28)11-24-9-8-22-16-2-1-3-17(16)24/h4-5,10,16-18,22H,1-3,6-9,11-12H2,(H,23,26,27)/t16-,17+,18?/m0/s1. The van der Waals surface area contributed by atoms with Crippen LogP contribution in [0, 0.1) is 0 Å². The molecule has 0 bridgehead atoms. The number of amides is 3. The van der Waals surface area contributed by atoms with Crippen molar-refractivity contribution in [2.24, 2.45) is 0 Å². The van der Waals surface area contributed by atoms with Gasteiger partial charge in [0.05, 0.1) is 0 Å². The molecule has 2 saturated heterocycles. The number of piperidine rings is 1. The summed E-state index contributed by atoms with van der Waals surface area (Å²) in [5, 5.41) is 5.99. The normalized spacial score (nSPS) is 30.4. The van der Waals surface area contributed by atoms with Crippen LogP contribution in [0.4, 0.5) is 0 Å². The van der Waals surface area contributed by atoms with Crippen LogP contribution in [-0.4, -0.2) is 58.7 Å². The third kappa shape index (κ3) is 3.02. The lowest BCUT2D eigenvalue weighted by atomic mass is 10.0. The van der Waals surface area contributed by atoms with Gasteiger partial charge in [0, 0.05) is 50.2 Å². The van der Waals surface area contributed by atoms with Gasteiger partial charge in [-0.15, -0.1) is 0 Å². The summed E-state index contributed by atoms with van der Waals surface area (Å²) in [6.07, 6.45) is 4.46. The summed E-state index contributed by atoms with van der Waals surface area (Å²) >= 11 is 0. The average Bonchev–Trinajstić information content (AvgIpc) is 3.28. The second kappa shape index (κ2) is 6.97. The van der Waals surface area contributed by atoms with E-state index in [1.165, 1.54) is 19.3 Å². The number of nitrogens with one attached hydrogen (secondary N) is 2. The van der Waals surface area contributed by atoms with Crippen LogP contribution in [0.3, 0.4) is 0 Å². The predicted molar refractivity (Wildman–Crippen MR) is 102 cm³/mol. The summed E-state index contributed by atoms with van der Waals surface area (Å²) in [7, 11) is 0. The summed E-state index contributed by atoms with van der Waals surface area (Å²) in [6.45, 7) is 3.36. The van der Waals surface area contributed by atoms with Crippen LogP contribution in [0.2, 0.25) is 0 Å². The highest BCUT2D eigenvalue weighted by molar-refractivity contribution is 6.05. The van der Waals surface area contributed by atoms with Crippen LogP contribution in [0.5, 0.6) is 0 Å². The number of carbonyl (C=O) groups is 3.